The molecule has 1 saturated heterocycles. The molecule has 1 amide bonds. The van der Waals surface area contributed by atoms with Crippen LogP contribution in [0.25, 0.3) is 0 Å². The van der Waals surface area contributed by atoms with Gasteiger partial charge in [0.1, 0.15) is 11.5 Å². The molecule has 2 fully saturated rings. The van der Waals surface area contributed by atoms with Crippen molar-refractivity contribution in [2.45, 2.75) is 49.2 Å². The third kappa shape index (κ3) is 1.73. The molecule has 0 spiro atoms. The van der Waals surface area contributed by atoms with Gasteiger partial charge >= 0.3 is 0 Å². The number of Topliss-reactive ketones (excluding diaryl/α,β-unsaturated/α-hetero) is 1. The molecule has 1 saturated carbocycles. The van der Waals surface area contributed by atoms with Crippen LogP contribution in [-0.4, -0.2) is 52.0 Å². The van der Waals surface area contributed by atoms with E-state index in [-0.39, 0.29) is 29.6 Å². The van der Waals surface area contributed by atoms with Crippen LogP contribution in [0.15, 0.2) is 12.1 Å². The first-order chi connectivity index (χ1) is 11.3. The number of fused-ring (bicyclic) bond motifs is 1. The Hall–Kier alpha value is -1.92. The van der Waals surface area contributed by atoms with Gasteiger partial charge in [-0.2, -0.15) is 0 Å². The number of nitrogens with two attached hydrogens (primary N) is 1. The van der Waals surface area contributed by atoms with Gasteiger partial charge in [0.15, 0.2) is 0 Å². The van der Waals surface area contributed by atoms with Crippen LogP contribution in [0.1, 0.15) is 47.2 Å². The van der Waals surface area contributed by atoms with Gasteiger partial charge in [0.2, 0.25) is 0 Å². The van der Waals surface area contributed by atoms with E-state index in [1.807, 2.05) is 13.1 Å². The number of likely N-dealkylation sites (N-methyl/N-ethyl adjacent to an activating group) is 1. The van der Waals surface area contributed by atoms with Gasteiger partial charge in [-0.1, -0.05) is 6.07 Å². The van der Waals surface area contributed by atoms with Crippen LogP contribution in [0.4, 0.5) is 0 Å². The number of amides is 1. The zero-order valence-electron chi connectivity index (χ0n) is 13.7. The fraction of sp³-hybridized carbons (Fsp3) is 0.556. The summed E-state index contributed by atoms with van der Waals surface area (Å²) in [6.07, 6.45) is 2.11. The van der Waals surface area contributed by atoms with E-state index in [9.17, 15) is 19.8 Å². The molecule has 24 heavy (non-hydrogen) atoms. The SMILES string of the molecule is CN1CCC23CC(=O)CCC2(O)C1Cc1ccc(C(N)=O)c(O)c13. The van der Waals surface area contributed by atoms with E-state index in [1.165, 1.54) is 6.07 Å². The Morgan fingerprint density at radius 1 is 1.38 bits per heavy atom. The molecule has 1 heterocycles. The number of hydrogen-bond acceptors (Lipinski definition) is 5. The molecule has 1 aromatic carbocycles. The van der Waals surface area contributed by atoms with Crippen molar-refractivity contribution < 1.29 is 19.8 Å². The molecular weight excluding hydrogens is 308 g/mol. The molecule has 6 nitrogen and oxygen atoms in total. The van der Waals surface area contributed by atoms with Gasteiger partial charge in [-0.05, 0) is 44.5 Å². The standard InChI is InChI=1S/C18H22N2O4/c1-20-7-6-17-9-11(21)4-5-18(17,24)13(20)8-10-2-3-12(16(19)23)15(22)14(10)17/h2-3,13,22,24H,4-9H2,1H3,(H2,19,23). The highest BCUT2D eigenvalue weighted by molar-refractivity contribution is 5.96. The first kappa shape index (κ1) is 15.6. The maximum absolute atomic E-state index is 12.3. The number of carbonyl (C=O) groups excluding carboxylic acids is 2. The second kappa shape index (κ2) is 4.80. The highest BCUT2D eigenvalue weighted by atomic mass is 16.3. The van der Waals surface area contributed by atoms with Crippen LogP contribution in [0.2, 0.25) is 0 Å². The smallest absolute Gasteiger partial charge is 0.252 e. The number of carbonyl (C=O) groups is 2. The molecule has 3 unspecified atom stereocenters. The van der Waals surface area contributed by atoms with Crippen molar-refractivity contribution in [3.63, 3.8) is 0 Å². The number of phenols is 1. The van der Waals surface area contributed by atoms with Crippen LogP contribution in [0.5, 0.6) is 5.75 Å². The summed E-state index contributed by atoms with van der Waals surface area (Å²) in [5.74, 6) is -0.761. The molecule has 6 heteroatoms. The van der Waals surface area contributed by atoms with Crippen molar-refractivity contribution in [3.8, 4) is 5.75 Å². The molecule has 3 aliphatic rings. The molecule has 3 atom stereocenters. The first-order valence-electron chi connectivity index (χ1n) is 8.39. The Balaban J connectivity index is 2.02. The van der Waals surface area contributed by atoms with Crippen molar-refractivity contribution in [1.29, 1.82) is 0 Å². The molecule has 2 bridgehead atoms. The molecule has 1 aromatic rings. The minimum absolute atomic E-state index is 0.0564. The fourth-order valence-electron chi connectivity index (χ4n) is 5.32. The van der Waals surface area contributed by atoms with Crippen molar-refractivity contribution in [2.75, 3.05) is 13.6 Å². The number of rotatable bonds is 1. The Morgan fingerprint density at radius 2 is 2.12 bits per heavy atom. The average molecular weight is 330 g/mol. The number of hydrogen-bond donors (Lipinski definition) is 3. The largest absolute Gasteiger partial charge is 0.507 e. The number of piperidine rings is 1. The minimum Gasteiger partial charge on any atom is -0.507 e. The number of nitrogens with zero attached hydrogens (tertiary/aromatic N) is 1. The predicted molar refractivity (Wildman–Crippen MR) is 86.8 cm³/mol. The summed E-state index contributed by atoms with van der Waals surface area (Å²) in [5.41, 5.74) is 5.00. The van der Waals surface area contributed by atoms with Crippen LogP contribution >= 0.6 is 0 Å². The number of aliphatic hydroxyl groups is 1. The van der Waals surface area contributed by atoms with E-state index in [0.29, 0.717) is 31.2 Å². The van der Waals surface area contributed by atoms with Crippen molar-refractivity contribution in [3.05, 3.63) is 28.8 Å². The van der Waals surface area contributed by atoms with E-state index in [0.717, 1.165) is 12.1 Å². The zero-order valence-corrected chi connectivity index (χ0v) is 13.7. The molecule has 4 N–H and O–H groups in total. The topological polar surface area (TPSA) is 104 Å². The summed E-state index contributed by atoms with van der Waals surface area (Å²) in [6, 6.07) is 3.25. The fourth-order valence-corrected chi connectivity index (χ4v) is 5.32. The van der Waals surface area contributed by atoms with Crippen LogP contribution in [0, 0.1) is 0 Å². The molecule has 1 aliphatic heterocycles. The maximum Gasteiger partial charge on any atom is 0.252 e. The van der Waals surface area contributed by atoms with Gasteiger partial charge in [0, 0.05) is 29.9 Å². The Labute approximate surface area is 140 Å². The zero-order chi connectivity index (χ0) is 17.3. The number of aromatic hydroxyl groups is 1. The second-order valence-corrected chi connectivity index (χ2v) is 7.53. The molecule has 2 aliphatic carbocycles. The molecule has 0 radical (unpaired) electrons. The van der Waals surface area contributed by atoms with Gasteiger partial charge in [-0.15, -0.1) is 0 Å². The monoisotopic (exact) mass is 330 g/mol. The third-order valence-corrected chi connectivity index (χ3v) is 6.51. The van der Waals surface area contributed by atoms with Crippen molar-refractivity contribution in [1.82, 2.24) is 4.90 Å². The molecule has 0 aromatic heterocycles. The third-order valence-electron chi connectivity index (χ3n) is 6.51. The summed E-state index contributed by atoms with van der Waals surface area (Å²) in [7, 11) is 1.99. The van der Waals surface area contributed by atoms with E-state index in [2.05, 4.69) is 4.90 Å². The lowest BCUT2D eigenvalue weighted by atomic mass is 9.49. The number of primary amides is 1. The van der Waals surface area contributed by atoms with Crippen molar-refractivity contribution in [2.24, 2.45) is 5.73 Å². The van der Waals surface area contributed by atoms with E-state index in [1.54, 1.807) is 0 Å². The van der Waals surface area contributed by atoms with Gasteiger partial charge in [-0.3, -0.25) is 9.59 Å². The number of benzene rings is 1. The lowest BCUT2D eigenvalue weighted by molar-refractivity contribution is -0.169. The lowest BCUT2D eigenvalue weighted by Crippen LogP contribution is -2.72. The second-order valence-electron chi connectivity index (χ2n) is 7.53. The Bertz CT molecular complexity index is 762. The first-order valence-corrected chi connectivity index (χ1v) is 8.39. The highest BCUT2D eigenvalue weighted by Crippen LogP contribution is 2.59. The quantitative estimate of drug-likeness (QED) is 0.694. The summed E-state index contributed by atoms with van der Waals surface area (Å²) in [4.78, 5) is 26.1. The van der Waals surface area contributed by atoms with Crippen LogP contribution in [0.3, 0.4) is 0 Å². The predicted octanol–water partition coefficient (Wildman–Crippen LogP) is 0.473. The number of likely N-dealkylation sites (tertiary alicyclic amines) is 1. The maximum atomic E-state index is 12.3. The average Bonchev–Trinajstić information content (AvgIpc) is 2.51. The lowest BCUT2D eigenvalue weighted by Gasteiger charge is -2.62. The molecular formula is C18H22N2O4. The minimum atomic E-state index is -1.07. The summed E-state index contributed by atoms with van der Waals surface area (Å²) >= 11 is 0. The Kier molecular flexibility index (Phi) is 3.12. The van der Waals surface area contributed by atoms with Crippen LogP contribution < -0.4 is 5.73 Å². The van der Waals surface area contributed by atoms with Gasteiger partial charge in [0.25, 0.3) is 5.91 Å². The molecule has 4 rings (SSSR count). The normalized spacial score (nSPS) is 35.2. The van der Waals surface area contributed by atoms with E-state index >= 15 is 0 Å². The molecule has 128 valence electrons. The van der Waals surface area contributed by atoms with Crippen molar-refractivity contribution >= 4 is 11.7 Å². The number of ketones is 1. The van der Waals surface area contributed by atoms with Gasteiger partial charge < -0.3 is 20.8 Å². The Morgan fingerprint density at radius 3 is 2.83 bits per heavy atom. The van der Waals surface area contributed by atoms with Gasteiger partial charge in [0.05, 0.1) is 11.2 Å². The van der Waals surface area contributed by atoms with E-state index in [4.69, 9.17) is 5.73 Å². The van der Waals surface area contributed by atoms with Crippen LogP contribution in [-0.2, 0) is 16.6 Å². The highest BCUT2D eigenvalue weighted by Gasteiger charge is 2.65. The summed E-state index contributed by atoms with van der Waals surface area (Å²) < 4.78 is 0. The van der Waals surface area contributed by atoms with E-state index < -0.39 is 16.9 Å². The van der Waals surface area contributed by atoms with Gasteiger partial charge in [-0.25, -0.2) is 0 Å². The summed E-state index contributed by atoms with van der Waals surface area (Å²) in [5, 5.41) is 22.4. The summed E-state index contributed by atoms with van der Waals surface area (Å²) in [6.45, 7) is 0.736.